The van der Waals surface area contributed by atoms with Crippen LogP contribution in [0.4, 0.5) is 5.82 Å². The Morgan fingerprint density at radius 1 is 1.25 bits per heavy atom. The molecule has 0 aliphatic carbocycles. The summed E-state index contributed by atoms with van der Waals surface area (Å²) in [5.41, 5.74) is 6.34. The molecule has 0 saturated heterocycles. The van der Waals surface area contributed by atoms with Crippen LogP contribution in [0.1, 0.15) is 23.0 Å². The monoisotopic (exact) mass is 272 g/mol. The van der Waals surface area contributed by atoms with Gasteiger partial charge >= 0.3 is 0 Å². The molecule has 1 aromatic heterocycles. The van der Waals surface area contributed by atoms with Gasteiger partial charge < -0.3 is 15.8 Å². The second kappa shape index (κ2) is 6.51. The number of carbonyl (C=O) groups is 1. The van der Waals surface area contributed by atoms with Gasteiger partial charge in [0.05, 0.1) is 18.1 Å². The van der Waals surface area contributed by atoms with E-state index in [4.69, 9.17) is 10.5 Å². The molecule has 2 aromatic rings. The van der Waals surface area contributed by atoms with Crippen LogP contribution >= 0.6 is 0 Å². The molecule has 2 rings (SSSR count). The van der Waals surface area contributed by atoms with Crippen LogP contribution in [-0.2, 0) is 6.61 Å². The highest BCUT2D eigenvalue weighted by Gasteiger charge is 2.02. The van der Waals surface area contributed by atoms with Gasteiger partial charge in [0, 0.05) is 12.1 Å². The van der Waals surface area contributed by atoms with Crippen molar-refractivity contribution in [3.63, 3.8) is 0 Å². The topological polar surface area (TPSA) is 90.1 Å². The Morgan fingerprint density at radius 2 is 2.00 bits per heavy atom. The molecule has 0 radical (unpaired) electrons. The molecular formula is C14H16N4O2. The summed E-state index contributed by atoms with van der Waals surface area (Å²) >= 11 is 0. The number of anilines is 1. The van der Waals surface area contributed by atoms with Gasteiger partial charge in [-0.2, -0.15) is 0 Å². The third-order valence-corrected chi connectivity index (χ3v) is 2.59. The van der Waals surface area contributed by atoms with Crippen LogP contribution in [0.5, 0.6) is 5.75 Å². The van der Waals surface area contributed by atoms with Crippen LogP contribution in [0.2, 0.25) is 0 Å². The lowest BCUT2D eigenvalue weighted by Gasteiger charge is -2.07. The molecule has 6 heteroatoms. The van der Waals surface area contributed by atoms with Crippen molar-refractivity contribution in [2.24, 2.45) is 5.73 Å². The van der Waals surface area contributed by atoms with Crippen molar-refractivity contribution in [3.05, 3.63) is 47.9 Å². The summed E-state index contributed by atoms with van der Waals surface area (Å²) in [6, 6.07) is 6.64. The van der Waals surface area contributed by atoms with Crippen molar-refractivity contribution in [1.29, 1.82) is 0 Å². The molecule has 0 aliphatic rings. The lowest BCUT2D eigenvalue weighted by atomic mass is 10.2. The molecule has 0 bridgehead atoms. The number of nitrogens with one attached hydrogen (secondary N) is 1. The second-order valence-electron chi connectivity index (χ2n) is 4.10. The normalized spacial score (nSPS) is 10.1. The number of amides is 1. The van der Waals surface area contributed by atoms with Crippen molar-refractivity contribution in [3.8, 4) is 5.75 Å². The maximum atomic E-state index is 10.9. The Hall–Kier alpha value is -2.63. The molecule has 3 N–H and O–H groups in total. The van der Waals surface area contributed by atoms with Crippen LogP contribution in [-0.4, -0.2) is 22.4 Å². The average molecular weight is 272 g/mol. The molecule has 0 spiro atoms. The van der Waals surface area contributed by atoms with E-state index in [1.54, 1.807) is 36.7 Å². The number of carbonyl (C=O) groups excluding carboxylic acids is 1. The Labute approximate surface area is 117 Å². The molecule has 0 unspecified atom stereocenters. The van der Waals surface area contributed by atoms with E-state index < -0.39 is 5.91 Å². The molecule has 6 nitrogen and oxygen atoms in total. The minimum Gasteiger partial charge on any atom is -0.487 e. The summed E-state index contributed by atoms with van der Waals surface area (Å²) in [6.45, 7) is 3.11. The number of benzene rings is 1. The SMILES string of the molecule is CCNc1cnc(COc2ccc(C(N)=O)cc2)cn1. The van der Waals surface area contributed by atoms with Crippen molar-refractivity contribution < 1.29 is 9.53 Å². The minimum absolute atomic E-state index is 0.315. The number of hydrogen-bond acceptors (Lipinski definition) is 5. The zero-order valence-electron chi connectivity index (χ0n) is 11.2. The zero-order chi connectivity index (χ0) is 14.4. The Morgan fingerprint density at radius 3 is 2.55 bits per heavy atom. The summed E-state index contributed by atoms with van der Waals surface area (Å²) in [5.74, 6) is 0.927. The molecule has 0 aliphatic heterocycles. The number of aromatic nitrogens is 2. The van der Waals surface area contributed by atoms with Gasteiger partial charge in [-0.05, 0) is 31.2 Å². The van der Waals surface area contributed by atoms with Crippen LogP contribution in [0.15, 0.2) is 36.7 Å². The largest absolute Gasteiger partial charge is 0.487 e. The lowest BCUT2D eigenvalue weighted by Crippen LogP contribution is -2.10. The fourth-order valence-electron chi connectivity index (χ4n) is 1.57. The van der Waals surface area contributed by atoms with Gasteiger partial charge in [0.25, 0.3) is 0 Å². The highest BCUT2D eigenvalue weighted by atomic mass is 16.5. The Bertz CT molecular complexity index is 567. The first-order valence-corrected chi connectivity index (χ1v) is 6.26. The minimum atomic E-state index is -0.457. The van der Waals surface area contributed by atoms with Gasteiger partial charge in [-0.15, -0.1) is 0 Å². The number of primary amides is 1. The first-order chi connectivity index (χ1) is 9.69. The van der Waals surface area contributed by atoms with E-state index >= 15 is 0 Å². The number of rotatable bonds is 6. The second-order valence-corrected chi connectivity index (χ2v) is 4.10. The van der Waals surface area contributed by atoms with Crippen LogP contribution in [0.3, 0.4) is 0 Å². The zero-order valence-corrected chi connectivity index (χ0v) is 11.2. The summed E-state index contributed by atoms with van der Waals surface area (Å²) in [4.78, 5) is 19.4. The van der Waals surface area contributed by atoms with Gasteiger partial charge in [0.2, 0.25) is 5.91 Å². The van der Waals surface area contributed by atoms with E-state index in [1.807, 2.05) is 6.92 Å². The van der Waals surface area contributed by atoms with E-state index in [0.29, 0.717) is 17.9 Å². The van der Waals surface area contributed by atoms with Crippen molar-refractivity contribution in [1.82, 2.24) is 9.97 Å². The number of nitrogens with two attached hydrogens (primary N) is 1. The maximum absolute atomic E-state index is 10.9. The van der Waals surface area contributed by atoms with E-state index in [1.165, 1.54) is 0 Å². The predicted molar refractivity (Wildman–Crippen MR) is 75.5 cm³/mol. The number of hydrogen-bond donors (Lipinski definition) is 2. The lowest BCUT2D eigenvalue weighted by molar-refractivity contribution is 0.100. The smallest absolute Gasteiger partial charge is 0.248 e. The summed E-state index contributed by atoms with van der Waals surface area (Å²) in [5, 5.41) is 3.07. The summed E-state index contributed by atoms with van der Waals surface area (Å²) in [7, 11) is 0. The fourth-order valence-corrected chi connectivity index (χ4v) is 1.57. The quantitative estimate of drug-likeness (QED) is 0.833. The van der Waals surface area contributed by atoms with Gasteiger partial charge in [-0.3, -0.25) is 9.78 Å². The van der Waals surface area contributed by atoms with Gasteiger partial charge in [0.15, 0.2) is 0 Å². The molecule has 104 valence electrons. The standard InChI is InChI=1S/C14H16N4O2/c1-2-16-13-8-17-11(7-18-13)9-20-12-5-3-10(4-6-12)14(15)19/h3-8H,2,9H2,1H3,(H2,15,19)(H,16,18). The van der Waals surface area contributed by atoms with Crippen LogP contribution < -0.4 is 15.8 Å². The fraction of sp³-hybridized carbons (Fsp3) is 0.214. The molecule has 20 heavy (non-hydrogen) atoms. The van der Waals surface area contributed by atoms with Crippen molar-refractivity contribution in [2.45, 2.75) is 13.5 Å². The van der Waals surface area contributed by atoms with E-state index in [2.05, 4.69) is 15.3 Å². The molecule has 1 aromatic carbocycles. The molecular weight excluding hydrogens is 256 g/mol. The van der Waals surface area contributed by atoms with Crippen molar-refractivity contribution in [2.75, 3.05) is 11.9 Å². The highest BCUT2D eigenvalue weighted by Crippen LogP contribution is 2.13. The number of ether oxygens (including phenoxy) is 1. The molecule has 0 fully saturated rings. The summed E-state index contributed by atoms with van der Waals surface area (Å²) < 4.78 is 5.55. The first-order valence-electron chi connectivity index (χ1n) is 6.26. The van der Waals surface area contributed by atoms with Gasteiger partial charge in [0.1, 0.15) is 18.2 Å². The van der Waals surface area contributed by atoms with E-state index in [0.717, 1.165) is 18.1 Å². The first kappa shape index (κ1) is 13.8. The molecule has 1 heterocycles. The Balaban J connectivity index is 1.92. The van der Waals surface area contributed by atoms with E-state index in [-0.39, 0.29) is 0 Å². The van der Waals surface area contributed by atoms with Gasteiger partial charge in [-0.25, -0.2) is 4.98 Å². The third kappa shape index (κ3) is 3.68. The third-order valence-electron chi connectivity index (χ3n) is 2.59. The highest BCUT2D eigenvalue weighted by molar-refractivity contribution is 5.92. The molecule has 1 amide bonds. The van der Waals surface area contributed by atoms with Crippen LogP contribution in [0, 0.1) is 0 Å². The Kier molecular flexibility index (Phi) is 4.49. The predicted octanol–water partition coefficient (Wildman–Crippen LogP) is 1.59. The van der Waals surface area contributed by atoms with Gasteiger partial charge in [-0.1, -0.05) is 0 Å². The number of nitrogens with zero attached hydrogens (tertiary/aromatic N) is 2. The molecule has 0 saturated carbocycles. The van der Waals surface area contributed by atoms with E-state index in [9.17, 15) is 4.79 Å². The average Bonchev–Trinajstić information content (AvgIpc) is 2.47. The molecule has 0 atom stereocenters. The van der Waals surface area contributed by atoms with Crippen molar-refractivity contribution >= 4 is 11.7 Å². The van der Waals surface area contributed by atoms with Crippen LogP contribution in [0.25, 0.3) is 0 Å². The summed E-state index contributed by atoms with van der Waals surface area (Å²) in [6.07, 6.45) is 3.33. The maximum Gasteiger partial charge on any atom is 0.248 e.